The second-order valence-electron chi connectivity index (χ2n) is 7.77. The summed E-state index contributed by atoms with van der Waals surface area (Å²) < 4.78 is 6.26. The van der Waals surface area contributed by atoms with Crippen LogP contribution in [0.25, 0.3) is 0 Å². The molecule has 2 unspecified atom stereocenters. The summed E-state index contributed by atoms with van der Waals surface area (Å²) in [4.78, 5) is 19.8. The first-order valence-corrected chi connectivity index (χ1v) is 9.53. The lowest BCUT2D eigenvalue weighted by Crippen LogP contribution is -2.58. The highest BCUT2D eigenvalue weighted by Gasteiger charge is 2.45. The molecule has 1 amide bonds. The summed E-state index contributed by atoms with van der Waals surface area (Å²) in [6.07, 6.45) is 2.03. The summed E-state index contributed by atoms with van der Waals surface area (Å²) in [6.45, 7) is 8.13. The second kappa shape index (κ2) is 6.71. The molecule has 2 atom stereocenters. The number of fused-ring (bicyclic) bond motifs is 2. The van der Waals surface area contributed by atoms with E-state index in [1.165, 1.54) is 11.1 Å². The molecule has 1 aliphatic carbocycles. The van der Waals surface area contributed by atoms with Crippen LogP contribution in [0.1, 0.15) is 24.5 Å². The third-order valence-electron chi connectivity index (χ3n) is 6.25. The Kier molecular flexibility index (Phi) is 4.56. The molecule has 0 bridgehead atoms. The maximum atomic E-state index is 13.1. The molecule has 5 heteroatoms. The van der Waals surface area contributed by atoms with E-state index < -0.39 is 0 Å². The Balaban J connectivity index is 1.47. The first-order valence-electron chi connectivity index (χ1n) is 9.53. The van der Waals surface area contributed by atoms with Crippen LogP contribution < -0.4 is 0 Å². The first kappa shape index (κ1) is 17.0. The van der Waals surface area contributed by atoms with Gasteiger partial charge in [-0.25, -0.2) is 0 Å². The van der Waals surface area contributed by atoms with Gasteiger partial charge in [0.15, 0.2) is 0 Å². The predicted octanol–water partition coefficient (Wildman–Crippen LogP) is 1.32. The van der Waals surface area contributed by atoms with Gasteiger partial charge in [-0.2, -0.15) is 0 Å². The number of morpholine rings is 1. The zero-order valence-electron chi connectivity index (χ0n) is 15.4. The fraction of sp³-hybridized carbons (Fsp3) is 0.650. The fourth-order valence-corrected chi connectivity index (χ4v) is 4.57. The number of amides is 1. The zero-order chi connectivity index (χ0) is 17.4. The molecule has 0 aromatic heterocycles. The number of likely N-dealkylation sites (N-methyl/N-ethyl adjacent to an activating group) is 1. The van der Waals surface area contributed by atoms with E-state index in [1.807, 2.05) is 0 Å². The summed E-state index contributed by atoms with van der Waals surface area (Å²) >= 11 is 0. The van der Waals surface area contributed by atoms with Crippen LogP contribution in [0.3, 0.4) is 0 Å². The van der Waals surface area contributed by atoms with Crippen LogP contribution in [0.2, 0.25) is 0 Å². The van der Waals surface area contributed by atoms with Crippen molar-refractivity contribution < 1.29 is 9.53 Å². The number of benzene rings is 1. The van der Waals surface area contributed by atoms with E-state index in [4.69, 9.17) is 4.74 Å². The molecule has 2 aliphatic heterocycles. The monoisotopic (exact) mass is 343 g/mol. The van der Waals surface area contributed by atoms with Gasteiger partial charge in [0.1, 0.15) is 5.60 Å². The Morgan fingerprint density at radius 1 is 1.16 bits per heavy atom. The lowest BCUT2D eigenvalue weighted by Gasteiger charge is -2.44. The maximum absolute atomic E-state index is 13.1. The molecule has 4 rings (SSSR count). The molecular formula is C20H29N3O2. The summed E-state index contributed by atoms with van der Waals surface area (Å²) in [5.74, 6) is 0.261. The summed E-state index contributed by atoms with van der Waals surface area (Å²) in [6, 6.07) is 8.52. The van der Waals surface area contributed by atoms with Gasteiger partial charge in [-0.05, 0) is 37.9 Å². The van der Waals surface area contributed by atoms with E-state index in [0.717, 1.165) is 39.0 Å². The molecule has 0 saturated carbocycles. The molecule has 0 radical (unpaired) electrons. The van der Waals surface area contributed by atoms with Gasteiger partial charge < -0.3 is 14.5 Å². The van der Waals surface area contributed by atoms with Crippen molar-refractivity contribution in [2.75, 3.05) is 52.9 Å². The van der Waals surface area contributed by atoms with Gasteiger partial charge in [0.05, 0.1) is 19.2 Å². The molecule has 1 aromatic rings. The molecule has 1 spiro atoms. The minimum atomic E-state index is -0.285. The van der Waals surface area contributed by atoms with Crippen LogP contribution in [0, 0.1) is 0 Å². The Morgan fingerprint density at radius 2 is 1.92 bits per heavy atom. The molecule has 2 saturated heterocycles. The fourth-order valence-electron chi connectivity index (χ4n) is 4.57. The van der Waals surface area contributed by atoms with Crippen molar-refractivity contribution in [1.82, 2.24) is 14.7 Å². The molecule has 2 heterocycles. The van der Waals surface area contributed by atoms with E-state index >= 15 is 0 Å². The number of aryl methyl sites for hydroxylation is 1. The van der Waals surface area contributed by atoms with Crippen LogP contribution in [-0.4, -0.2) is 79.6 Å². The van der Waals surface area contributed by atoms with E-state index in [1.54, 1.807) is 0 Å². The van der Waals surface area contributed by atoms with E-state index in [2.05, 4.69) is 52.9 Å². The third kappa shape index (κ3) is 3.09. The number of hydrogen-bond donors (Lipinski definition) is 0. The molecule has 136 valence electrons. The zero-order valence-corrected chi connectivity index (χ0v) is 15.4. The summed E-state index contributed by atoms with van der Waals surface area (Å²) in [7, 11) is 2.15. The van der Waals surface area contributed by atoms with Gasteiger partial charge in [-0.15, -0.1) is 0 Å². The summed E-state index contributed by atoms with van der Waals surface area (Å²) in [5.41, 5.74) is 2.38. The molecule has 5 nitrogen and oxygen atoms in total. The summed E-state index contributed by atoms with van der Waals surface area (Å²) in [5, 5.41) is 0. The molecule has 3 aliphatic rings. The Bertz CT molecular complexity index is 638. The van der Waals surface area contributed by atoms with Crippen molar-refractivity contribution in [1.29, 1.82) is 0 Å². The van der Waals surface area contributed by atoms with Crippen molar-refractivity contribution in [3.05, 3.63) is 35.4 Å². The molecule has 0 N–H and O–H groups in total. The molecule has 2 fully saturated rings. The SMILES string of the molecule is CC(C(=O)N1CCOC2(CCc3ccccc32)C1)N1CCN(C)CC1. The van der Waals surface area contributed by atoms with Crippen molar-refractivity contribution in [2.45, 2.75) is 31.4 Å². The van der Waals surface area contributed by atoms with E-state index in [0.29, 0.717) is 19.7 Å². The number of ether oxygens (including phenoxy) is 1. The van der Waals surface area contributed by atoms with Gasteiger partial charge in [-0.1, -0.05) is 24.3 Å². The van der Waals surface area contributed by atoms with E-state index in [-0.39, 0.29) is 17.6 Å². The van der Waals surface area contributed by atoms with Gasteiger partial charge in [-0.3, -0.25) is 9.69 Å². The predicted molar refractivity (Wildman–Crippen MR) is 97.5 cm³/mol. The lowest BCUT2D eigenvalue weighted by molar-refractivity contribution is -0.157. The topological polar surface area (TPSA) is 36.0 Å². The highest BCUT2D eigenvalue weighted by atomic mass is 16.5. The van der Waals surface area contributed by atoms with Gasteiger partial charge in [0, 0.05) is 32.7 Å². The van der Waals surface area contributed by atoms with Crippen molar-refractivity contribution >= 4 is 5.91 Å². The number of nitrogens with zero attached hydrogens (tertiary/aromatic N) is 3. The second-order valence-corrected chi connectivity index (χ2v) is 7.77. The third-order valence-corrected chi connectivity index (χ3v) is 6.25. The Morgan fingerprint density at radius 3 is 2.72 bits per heavy atom. The normalized spacial score (nSPS) is 29.0. The van der Waals surface area contributed by atoms with Crippen LogP contribution in [0.5, 0.6) is 0 Å². The smallest absolute Gasteiger partial charge is 0.239 e. The lowest BCUT2D eigenvalue weighted by atomic mass is 9.93. The van der Waals surface area contributed by atoms with Crippen molar-refractivity contribution in [3.63, 3.8) is 0 Å². The van der Waals surface area contributed by atoms with Crippen molar-refractivity contribution in [3.8, 4) is 0 Å². The van der Waals surface area contributed by atoms with Gasteiger partial charge in [0.2, 0.25) is 5.91 Å². The first-order chi connectivity index (χ1) is 12.1. The number of rotatable bonds is 2. The number of hydrogen-bond acceptors (Lipinski definition) is 4. The average Bonchev–Trinajstić information content (AvgIpc) is 2.99. The van der Waals surface area contributed by atoms with Crippen LogP contribution in [0.4, 0.5) is 0 Å². The Hall–Kier alpha value is -1.43. The van der Waals surface area contributed by atoms with Crippen LogP contribution in [-0.2, 0) is 21.6 Å². The average molecular weight is 343 g/mol. The number of carbonyl (C=O) groups is 1. The maximum Gasteiger partial charge on any atom is 0.239 e. The minimum Gasteiger partial charge on any atom is -0.367 e. The highest BCUT2D eigenvalue weighted by Crippen LogP contribution is 2.42. The number of carbonyl (C=O) groups excluding carboxylic acids is 1. The van der Waals surface area contributed by atoms with Crippen molar-refractivity contribution in [2.24, 2.45) is 0 Å². The standard InChI is InChI=1S/C20H29N3O2/c1-16(22-11-9-21(2)10-12-22)19(24)23-13-14-25-20(15-23)8-7-17-5-3-4-6-18(17)20/h3-6,16H,7-15H2,1-2H3. The number of piperazine rings is 1. The molecule has 25 heavy (non-hydrogen) atoms. The largest absolute Gasteiger partial charge is 0.367 e. The van der Waals surface area contributed by atoms with E-state index in [9.17, 15) is 4.79 Å². The highest BCUT2D eigenvalue weighted by molar-refractivity contribution is 5.81. The van der Waals surface area contributed by atoms with Crippen LogP contribution >= 0.6 is 0 Å². The van der Waals surface area contributed by atoms with Gasteiger partial charge in [0.25, 0.3) is 0 Å². The Labute approximate surface area is 150 Å². The quantitative estimate of drug-likeness (QED) is 0.812. The van der Waals surface area contributed by atoms with Gasteiger partial charge >= 0.3 is 0 Å². The molecular weight excluding hydrogens is 314 g/mol. The minimum absolute atomic E-state index is 0.0412. The van der Waals surface area contributed by atoms with Crippen LogP contribution in [0.15, 0.2) is 24.3 Å². The molecule has 1 aromatic carbocycles.